The number of rotatable bonds is 3. The average Bonchev–Trinajstić information content (AvgIpc) is 2.40. The average molecular weight is 244 g/mol. The van der Waals surface area contributed by atoms with Gasteiger partial charge in [0.25, 0.3) is 0 Å². The van der Waals surface area contributed by atoms with Crippen molar-refractivity contribution in [1.82, 2.24) is 0 Å². The zero-order valence-electron chi connectivity index (χ0n) is 9.45. The van der Waals surface area contributed by atoms with E-state index >= 15 is 0 Å². The molecule has 0 aliphatic carbocycles. The molecule has 18 heavy (non-hydrogen) atoms. The van der Waals surface area contributed by atoms with Crippen molar-refractivity contribution < 1.29 is 20.1 Å². The summed E-state index contributed by atoms with van der Waals surface area (Å²) in [6.45, 7) is 0. The predicted molar refractivity (Wildman–Crippen MR) is 65.7 cm³/mol. The SMILES string of the molecule is O=Cc1ccc(O)c(C(O)c2ccccc2)c1O. The molecule has 0 aromatic heterocycles. The maximum Gasteiger partial charge on any atom is 0.153 e. The number of aldehydes is 1. The summed E-state index contributed by atoms with van der Waals surface area (Å²) in [6.07, 6.45) is -0.721. The Bertz CT molecular complexity index is 564. The maximum absolute atomic E-state index is 10.7. The van der Waals surface area contributed by atoms with Gasteiger partial charge in [0.05, 0.1) is 11.1 Å². The lowest BCUT2D eigenvalue weighted by Crippen LogP contribution is -2.01. The van der Waals surface area contributed by atoms with E-state index in [1.165, 1.54) is 12.1 Å². The van der Waals surface area contributed by atoms with Crippen molar-refractivity contribution in [2.75, 3.05) is 0 Å². The van der Waals surface area contributed by atoms with Crippen molar-refractivity contribution in [3.63, 3.8) is 0 Å². The lowest BCUT2D eigenvalue weighted by atomic mass is 9.97. The van der Waals surface area contributed by atoms with Gasteiger partial charge in [-0.3, -0.25) is 4.79 Å². The molecule has 0 aliphatic heterocycles. The minimum absolute atomic E-state index is 0.0257. The topological polar surface area (TPSA) is 77.8 Å². The molecule has 1 atom stereocenters. The molecule has 0 aliphatic rings. The van der Waals surface area contributed by atoms with Gasteiger partial charge in [-0.2, -0.15) is 0 Å². The zero-order valence-corrected chi connectivity index (χ0v) is 9.45. The van der Waals surface area contributed by atoms with Crippen molar-refractivity contribution >= 4 is 6.29 Å². The highest BCUT2D eigenvalue weighted by Crippen LogP contribution is 2.37. The molecule has 0 saturated carbocycles. The fourth-order valence-corrected chi connectivity index (χ4v) is 1.78. The predicted octanol–water partition coefficient (Wildman–Crippen LogP) is 1.99. The van der Waals surface area contributed by atoms with E-state index in [0.717, 1.165) is 0 Å². The summed E-state index contributed by atoms with van der Waals surface area (Å²) < 4.78 is 0. The second-order valence-electron chi connectivity index (χ2n) is 3.87. The fourth-order valence-electron chi connectivity index (χ4n) is 1.78. The first-order valence-corrected chi connectivity index (χ1v) is 5.38. The minimum Gasteiger partial charge on any atom is -0.507 e. The van der Waals surface area contributed by atoms with Gasteiger partial charge in [0.1, 0.15) is 17.6 Å². The van der Waals surface area contributed by atoms with Crippen LogP contribution in [-0.2, 0) is 0 Å². The third-order valence-electron chi connectivity index (χ3n) is 2.74. The van der Waals surface area contributed by atoms with Crippen LogP contribution in [0, 0.1) is 0 Å². The lowest BCUT2D eigenvalue weighted by Gasteiger charge is -2.15. The normalized spacial score (nSPS) is 12.1. The van der Waals surface area contributed by atoms with Crippen LogP contribution in [0.25, 0.3) is 0 Å². The van der Waals surface area contributed by atoms with Crippen molar-refractivity contribution in [2.45, 2.75) is 6.10 Å². The Balaban J connectivity index is 2.54. The van der Waals surface area contributed by atoms with Crippen LogP contribution in [0.2, 0.25) is 0 Å². The summed E-state index contributed by atoms with van der Waals surface area (Å²) in [5.74, 6) is -0.657. The van der Waals surface area contributed by atoms with E-state index in [1.54, 1.807) is 30.3 Å². The van der Waals surface area contributed by atoms with E-state index in [-0.39, 0.29) is 16.9 Å². The van der Waals surface area contributed by atoms with Gasteiger partial charge in [-0.1, -0.05) is 30.3 Å². The Labute approximate surface area is 104 Å². The standard InChI is InChI=1S/C14H12O4/c15-8-10-6-7-11(16)12(14(10)18)13(17)9-4-2-1-3-5-9/h1-8,13,16-18H. The number of aliphatic hydroxyl groups excluding tert-OH is 1. The highest BCUT2D eigenvalue weighted by Gasteiger charge is 2.20. The van der Waals surface area contributed by atoms with Gasteiger partial charge in [0.15, 0.2) is 6.29 Å². The zero-order chi connectivity index (χ0) is 13.1. The molecule has 0 heterocycles. The summed E-state index contributed by atoms with van der Waals surface area (Å²) in [5.41, 5.74) is 0.481. The van der Waals surface area contributed by atoms with Crippen LogP contribution in [0.3, 0.4) is 0 Å². The van der Waals surface area contributed by atoms with Crippen molar-refractivity contribution in [2.24, 2.45) is 0 Å². The second kappa shape index (κ2) is 4.89. The largest absolute Gasteiger partial charge is 0.507 e. The molecule has 4 heteroatoms. The Morgan fingerprint density at radius 2 is 1.67 bits per heavy atom. The highest BCUT2D eigenvalue weighted by molar-refractivity contribution is 5.81. The van der Waals surface area contributed by atoms with Crippen LogP contribution >= 0.6 is 0 Å². The third kappa shape index (κ3) is 2.06. The Kier molecular flexibility index (Phi) is 3.30. The van der Waals surface area contributed by atoms with Gasteiger partial charge in [-0.05, 0) is 17.7 Å². The molecule has 0 bridgehead atoms. The van der Waals surface area contributed by atoms with Crippen molar-refractivity contribution in [3.8, 4) is 11.5 Å². The monoisotopic (exact) mass is 244 g/mol. The molecule has 0 spiro atoms. The van der Waals surface area contributed by atoms with Gasteiger partial charge >= 0.3 is 0 Å². The molecule has 0 amide bonds. The van der Waals surface area contributed by atoms with E-state index in [2.05, 4.69) is 0 Å². The van der Waals surface area contributed by atoms with E-state index in [9.17, 15) is 20.1 Å². The molecule has 0 saturated heterocycles. The van der Waals surface area contributed by atoms with Crippen LogP contribution < -0.4 is 0 Å². The van der Waals surface area contributed by atoms with Crippen LogP contribution in [0.4, 0.5) is 0 Å². The summed E-state index contributed by atoms with van der Waals surface area (Å²) >= 11 is 0. The third-order valence-corrected chi connectivity index (χ3v) is 2.74. The summed E-state index contributed by atoms with van der Waals surface area (Å²) in [7, 11) is 0. The number of hydrogen-bond acceptors (Lipinski definition) is 4. The number of phenols is 2. The van der Waals surface area contributed by atoms with Crippen molar-refractivity contribution in [1.29, 1.82) is 0 Å². The highest BCUT2D eigenvalue weighted by atomic mass is 16.3. The number of benzene rings is 2. The van der Waals surface area contributed by atoms with E-state index in [4.69, 9.17) is 0 Å². The second-order valence-corrected chi connectivity index (χ2v) is 3.87. The first-order chi connectivity index (χ1) is 8.65. The van der Waals surface area contributed by atoms with E-state index in [1.807, 2.05) is 0 Å². The Morgan fingerprint density at radius 3 is 2.28 bits per heavy atom. The maximum atomic E-state index is 10.7. The molecular formula is C14H12O4. The van der Waals surface area contributed by atoms with Crippen molar-refractivity contribution in [3.05, 3.63) is 59.2 Å². The molecule has 2 rings (SSSR count). The first kappa shape index (κ1) is 12.1. The number of hydrogen-bond donors (Lipinski definition) is 3. The van der Waals surface area contributed by atoms with Crippen LogP contribution in [-0.4, -0.2) is 21.6 Å². The number of aliphatic hydroxyl groups is 1. The van der Waals surface area contributed by atoms with Crippen LogP contribution in [0.1, 0.15) is 27.6 Å². The number of carbonyl (C=O) groups excluding carboxylic acids is 1. The van der Waals surface area contributed by atoms with Crippen LogP contribution in [0.15, 0.2) is 42.5 Å². The van der Waals surface area contributed by atoms with Gasteiger partial charge in [0, 0.05) is 0 Å². The van der Waals surface area contributed by atoms with Gasteiger partial charge in [-0.15, -0.1) is 0 Å². The lowest BCUT2D eigenvalue weighted by molar-refractivity contribution is 0.112. The van der Waals surface area contributed by atoms with Crippen LogP contribution in [0.5, 0.6) is 11.5 Å². The molecule has 0 fully saturated rings. The number of aromatic hydroxyl groups is 2. The van der Waals surface area contributed by atoms with Gasteiger partial charge < -0.3 is 15.3 Å². The Hall–Kier alpha value is -2.33. The number of carbonyl (C=O) groups is 1. The van der Waals surface area contributed by atoms with Gasteiger partial charge in [0.2, 0.25) is 0 Å². The summed E-state index contributed by atoms with van der Waals surface area (Å²) in [4.78, 5) is 10.7. The fraction of sp³-hybridized carbons (Fsp3) is 0.0714. The molecular weight excluding hydrogens is 232 g/mol. The molecule has 3 N–H and O–H groups in total. The molecule has 4 nitrogen and oxygen atoms in total. The molecule has 92 valence electrons. The Morgan fingerprint density at radius 1 is 1.00 bits per heavy atom. The molecule has 0 radical (unpaired) electrons. The molecule has 2 aromatic carbocycles. The first-order valence-electron chi connectivity index (χ1n) is 5.38. The summed E-state index contributed by atoms with van der Waals surface area (Å²) in [5, 5.41) is 29.7. The van der Waals surface area contributed by atoms with Gasteiger partial charge in [-0.25, -0.2) is 0 Å². The minimum atomic E-state index is -1.19. The van der Waals surface area contributed by atoms with E-state index < -0.39 is 11.9 Å². The molecule has 2 aromatic rings. The van der Waals surface area contributed by atoms with E-state index in [0.29, 0.717) is 11.8 Å². The number of phenolic OH excluding ortho intramolecular Hbond substituents is 2. The summed E-state index contributed by atoms with van der Waals surface area (Å²) in [6, 6.07) is 11.1. The quantitative estimate of drug-likeness (QED) is 0.721. The molecule has 1 unspecified atom stereocenters. The smallest absolute Gasteiger partial charge is 0.153 e.